The highest BCUT2D eigenvalue weighted by Gasteiger charge is 2.12. The van der Waals surface area contributed by atoms with E-state index < -0.39 is 0 Å². The minimum atomic E-state index is 0.367. The molecule has 1 fully saturated rings. The van der Waals surface area contributed by atoms with E-state index >= 15 is 0 Å². The van der Waals surface area contributed by atoms with Gasteiger partial charge in [-0.05, 0) is 12.1 Å². The molecule has 2 N–H and O–H groups in total. The fourth-order valence-electron chi connectivity index (χ4n) is 2.14. The Balaban J connectivity index is 1.66. The van der Waals surface area contributed by atoms with Crippen LogP contribution in [-0.4, -0.2) is 37.3 Å². The van der Waals surface area contributed by atoms with E-state index in [9.17, 15) is 0 Å². The van der Waals surface area contributed by atoms with Crippen LogP contribution in [0.15, 0.2) is 22.6 Å². The Morgan fingerprint density at radius 3 is 3.28 bits per heavy atom. The molecule has 1 atom stereocenters. The van der Waals surface area contributed by atoms with Crippen LogP contribution in [0, 0.1) is 6.92 Å². The molecule has 5 heteroatoms. The third-order valence-electron chi connectivity index (χ3n) is 3.05. The number of ether oxygens (including phenoxy) is 1. The number of morpholine rings is 1. The van der Waals surface area contributed by atoms with Crippen molar-refractivity contribution in [1.29, 1.82) is 0 Å². The molecule has 2 aromatic rings. The van der Waals surface area contributed by atoms with Gasteiger partial charge in [0.05, 0.1) is 13.2 Å². The molecule has 0 saturated carbocycles. The molecule has 3 rings (SSSR count). The molecule has 1 aromatic heterocycles. The molecule has 0 spiro atoms. The Morgan fingerprint density at radius 2 is 2.44 bits per heavy atom. The maximum Gasteiger partial charge on any atom is 0.192 e. The van der Waals surface area contributed by atoms with Gasteiger partial charge in [0, 0.05) is 37.8 Å². The topological polar surface area (TPSA) is 59.3 Å². The molecule has 18 heavy (non-hydrogen) atoms. The summed E-state index contributed by atoms with van der Waals surface area (Å²) < 4.78 is 10.9. The van der Waals surface area contributed by atoms with Gasteiger partial charge in [-0.2, -0.15) is 0 Å². The zero-order valence-corrected chi connectivity index (χ0v) is 10.4. The van der Waals surface area contributed by atoms with Gasteiger partial charge in [0.2, 0.25) is 0 Å². The van der Waals surface area contributed by atoms with Crippen LogP contribution in [-0.2, 0) is 4.74 Å². The van der Waals surface area contributed by atoms with E-state index in [1.807, 2.05) is 25.1 Å². The number of aromatic nitrogens is 1. The van der Waals surface area contributed by atoms with Crippen molar-refractivity contribution in [2.75, 3.05) is 31.6 Å². The summed E-state index contributed by atoms with van der Waals surface area (Å²) in [6.45, 7) is 5.19. The molecule has 0 amide bonds. The maximum absolute atomic E-state index is 5.51. The number of benzene rings is 1. The second kappa shape index (κ2) is 4.96. The van der Waals surface area contributed by atoms with Crippen molar-refractivity contribution in [2.24, 2.45) is 0 Å². The number of nitrogens with zero attached hydrogens (tertiary/aromatic N) is 1. The van der Waals surface area contributed by atoms with E-state index in [2.05, 4.69) is 15.6 Å². The largest absolute Gasteiger partial charge is 0.441 e. The van der Waals surface area contributed by atoms with Crippen LogP contribution in [0.4, 0.5) is 5.69 Å². The van der Waals surface area contributed by atoms with Gasteiger partial charge in [-0.3, -0.25) is 0 Å². The number of nitrogens with one attached hydrogen (secondary N) is 2. The maximum atomic E-state index is 5.51. The van der Waals surface area contributed by atoms with E-state index in [0.717, 1.165) is 43.1 Å². The van der Waals surface area contributed by atoms with E-state index in [1.165, 1.54) is 0 Å². The summed E-state index contributed by atoms with van der Waals surface area (Å²) in [5.41, 5.74) is 2.77. The van der Waals surface area contributed by atoms with Gasteiger partial charge in [0.25, 0.3) is 0 Å². The molecular weight excluding hydrogens is 230 g/mol. The molecule has 0 aliphatic carbocycles. The smallest absolute Gasteiger partial charge is 0.192 e. The molecule has 1 aliphatic rings. The van der Waals surface area contributed by atoms with Crippen molar-refractivity contribution in [3.63, 3.8) is 0 Å². The quantitative estimate of drug-likeness (QED) is 0.861. The first-order valence-electron chi connectivity index (χ1n) is 6.23. The second-order valence-corrected chi connectivity index (χ2v) is 4.52. The van der Waals surface area contributed by atoms with Gasteiger partial charge in [-0.15, -0.1) is 0 Å². The molecule has 2 heterocycles. The number of hydrogen-bond donors (Lipinski definition) is 2. The van der Waals surface area contributed by atoms with Crippen molar-refractivity contribution in [3.05, 3.63) is 24.1 Å². The van der Waals surface area contributed by atoms with Crippen molar-refractivity contribution >= 4 is 16.8 Å². The number of rotatable bonds is 3. The van der Waals surface area contributed by atoms with Gasteiger partial charge in [-0.1, -0.05) is 0 Å². The number of fused-ring (bicyclic) bond motifs is 1. The van der Waals surface area contributed by atoms with Crippen molar-refractivity contribution in [2.45, 2.75) is 13.0 Å². The van der Waals surface area contributed by atoms with Gasteiger partial charge in [0.1, 0.15) is 5.52 Å². The molecule has 96 valence electrons. The second-order valence-electron chi connectivity index (χ2n) is 4.52. The number of oxazole rings is 1. The van der Waals surface area contributed by atoms with E-state index in [-0.39, 0.29) is 0 Å². The summed E-state index contributed by atoms with van der Waals surface area (Å²) in [7, 11) is 0. The predicted molar refractivity (Wildman–Crippen MR) is 69.8 cm³/mol. The molecule has 1 unspecified atom stereocenters. The van der Waals surface area contributed by atoms with Crippen LogP contribution in [0.5, 0.6) is 0 Å². The SMILES string of the molecule is Cc1nc2ccc(NCC3COCCN3)cc2o1. The number of aryl methyl sites for hydroxylation is 1. The predicted octanol–water partition coefficient (Wildman–Crippen LogP) is 1.54. The zero-order chi connectivity index (χ0) is 12.4. The van der Waals surface area contributed by atoms with Crippen LogP contribution < -0.4 is 10.6 Å². The Labute approximate surface area is 106 Å². The molecule has 0 bridgehead atoms. The fourth-order valence-corrected chi connectivity index (χ4v) is 2.14. The minimum absolute atomic E-state index is 0.367. The summed E-state index contributed by atoms with van der Waals surface area (Å²) in [6, 6.07) is 6.34. The van der Waals surface area contributed by atoms with Crippen LogP contribution in [0.25, 0.3) is 11.1 Å². The van der Waals surface area contributed by atoms with E-state index in [4.69, 9.17) is 9.15 Å². The average Bonchev–Trinajstić information content (AvgIpc) is 2.77. The summed E-state index contributed by atoms with van der Waals surface area (Å²) in [5, 5.41) is 6.79. The molecule has 5 nitrogen and oxygen atoms in total. The first-order chi connectivity index (χ1) is 8.81. The number of anilines is 1. The Morgan fingerprint density at radius 1 is 1.50 bits per heavy atom. The Kier molecular flexibility index (Phi) is 3.17. The monoisotopic (exact) mass is 247 g/mol. The summed E-state index contributed by atoms with van der Waals surface area (Å²) in [6.07, 6.45) is 0. The third kappa shape index (κ3) is 2.47. The van der Waals surface area contributed by atoms with Crippen LogP contribution in [0.1, 0.15) is 5.89 Å². The third-order valence-corrected chi connectivity index (χ3v) is 3.05. The lowest BCUT2D eigenvalue weighted by Crippen LogP contribution is -2.45. The van der Waals surface area contributed by atoms with Crippen molar-refractivity contribution < 1.29 is 9.15 Å². The van der Waals surface area contributed by atoms with Crippen LogP contribution >= 0.6 is 0 Å². The Bertz CT molecular complexity index is 532. The Hall–Kier alpha value is -1.59. The lowest BCUT2D eigenvalue weighted by molar-refractivity contribution is 0.0806. The molecule has 0 radical (unpaired) electrons. The lowest BCUT2D eigenvalue weighted by atomic mass is 10.2. The van der Waals surface area contributed by atoms with E-state index in [0.29, 0.717) is 11.9 Å². The minimum Gasteiger partial charge on any atom is -0.441 e. The first-order valence-corrected chi connectivity index (χ1v) is 6.23. The highest BCUT2D eigenvalue weighted by atomic mass is 16.5. The summed E-state index contributed by atoms with van der Waals surface area (Å²) in [5.74, 6) is 0.699. The highest BCUT2D eigenvalue weighted by molar-refractivity contribution is 5.77. The molecule has 1 aromatic carbocycles. The van der Waals surface area contributed by atoms with Gasteiger partial charge in [-0.25, -0.2) is 4.98 Å². The zero-order valence-electron chi connectivity index (χ0n) is 10.4. The summed E-state index contributed by atoms with van der Waals surface area (Å²) in [4.78, 5) is 4.28. The van der Waals surface area contributed by atoms with Crippen LogP contribution in [0.3, 0.4) is 0 Å². The van der Waals surface area contributed by atoms with Crippen molar-refractivity contribution in [1.82, 2.24) is 10.3 Å². The standard InChI is InChI=1S/C13H17N3O2/c1-9-16-12-3-2-10(6-13(12)18-9)15-7-11-8-17-5-4-14-11/h2-3,6,11,14-15H,4-5,7-8H2,1H3. The van der Waals surface area contributed by atoms with E-state index in [1.54, 1.807) is 0 Å². The average molecular weight is 247 g/mol. The normalized spacial score (nSPS) is 20.2. The molecule has 1 aliphatic heterocycles. The molecule has 1 saturated heterocycles. The van der Waals surface area contributed by atoms with Gasteiger partial charge < -0.3 is 19.8 Å². The fraction of sp³-hybridized carbons (Fsp3) is 0.462. The van der Waals surface area contributed by atoms with Gasteiger partial charge >= 0.3 is 0 Å². The number of hydrogen-bond acceptors (Lipinski definition) is 5. The van der Waals surface area contributed by atoms with Gasteiger partial charge in [0.15, 0.2) is 11.5 Å². The summed E-state index contributed by atoms with van der Waals surface area (Å²) >= 11 is 0. The highest BCUT2D eigenvalue weighted by Crippen LogP contribution is 2.19. The first kappa shape index (κ1) is 11.5. The lowest BCUT2D eigenvalue weighted by Gasteiger charge is -2.24. The van der Waals surface area contributed by atoms with Crippen LogP contribution in [0.2, 0.25) is 0 Å². The van der Waals surface area contributed by atoms with Crippen molar-refractivity contribution in [3.8, 4) is 0 Å². The molecular formula is C13H17N3O2.